The number of esters is 1. The molecular weight excluding hydrogens is 280 g/mol. The molecule has 4 nitrogen and oxygen atoms in total. The van der Waals surface area contributed by atoms with Gasteiger partial charge in [0, 0.05) is 18.4 Å². The maximum absolute atomic E-state index is 12.0. The van der Waals surface area contributed by atoms with Gasteiger partial charge in [-0.3, -0.25) is 9.59 Å². The van der Waals surface area contributed by atoms with Crippen LogP contribution in [0.2, 0.25) is 5.02 Å². The first kappa shape index (κ1) is 16.5. The van der Waals surface area contributed by atoms with Crippen molar-refractivity contribution in [3.63, 3.8) is 0 Å². The molecule has 0 N–H and O–H groups in total. The average Bonchev–Trinajstić information content (AvgIpc) is 2.37. The van der Waals surface area contributed by atoms with Crippen molar-refractivity contribution in [2.75, 3.05) is 7.11 Å². The smallest absolute Gasteiger partial charge is 0.305 e. The highest BCUT2D eigenvalue weighted by atomic mass is 35.5. The Labute approximate surface area is 124 Å². The minimum atomic E-state index is -0.315. The summed E-state index contributed by atoms with van der Waals surface area (Å²) in [5.41, 5.74) is 0.452. The number of carbonyl (C=O) groups is 2. The molecule has 0 aliphatic heterocycles. The minimum absolute atomic E-state index is 0.0488. The van der Waals surface area contributed by atoms with Crippen LogP contribution in [-0.4, -0.2) is 25.0 Å². The first-order chi connectivity index (χ1) is 9.43. The predicted octanol–water partition coefficient (Wildman–Crippen LogP) is 3.65. The summed E-state index contributed by atoms with van der Waals surface area (Å²) in [5.74, 6) is 0.232. The van der Waals surface area contributed by atoms with E-state index in [0.29, 0.717) is 22.8 Å². The molecule has 0 aliphatic rings. The van der Waals surface area contributed by atoms with E-state index in [4.69, 9.17) is 16.3 Å². The molecule has 0 bridgehead atoms. The van der Waals surface area contributed by atoms with Crippen LogP contribution in [0.4, 0.5) is 0 Å². The van der Waals surface area contributed by atoms with Crippen LogP contribution in [0.15, 0.2) is 18.2 Å². The molecule has 0 atom stereocenters. The fourth-order valence-electron chi connectivity index (χ4n) is 1.70. The molecule has 0 heterocycles. The number of Topliss-reactive ketones (excluding diaryl/α,β-unsaturated/α-hetero) is 1. The van der Waals surface area contributed by atoms with Crippen LogP contribution in [-0.2, 0) is 9.53 Å². The third-order valence-electron chi connectivity index (χ3n) is 2.63. The number of hydrogen-bond donors (Lipinski definition) is 0. The number of ether oxygens (including phenoxy) is 2. The van der Waals surface area contributed by atoms with E-state index >= 15 is 0 Å². The Bertz CT molecular complexity index is 483. The normalized spacial score (nSPS) is 10.4. The fraction of sp³-hybridized carbons (Fsp3) is 0.467. The molecule has 0 saturated heterocycles. The van der Waals surface area contributed by atoms with Gasteiger partial charge in [-0.25, -0.2) is 0 Å². The van der Waals surface area contributed by atoms with Gasteiger partial charge in [-0.1, -0.05) is 11.6 Å². The highest BCUT2D eigenvalue weighted by molar-refractivity contribution is 6.34. The van der Waals surface area contributed by atoms with Gasteiger partial charge in [0.2, 0.25) is 0 Å². The Balaban J connectivity index is 2.62. The third-order valence-corrected chi connectivity index (χ3v) is 2.94. The van der Waals surface area contributed by atoms with E-state index in [9.17, 15) is 9.59 Å². The Morgan fingerprint density at radius 2 is 1.95 bits per heavy atom. The highest BCUT2D eigenvalue weighted by Gasteiger charge is 2.12. The van der Waals surface area contributed by atoms with Gasteiger partial charge in [0.05, 0.1) is 18.2 Å². The second kappa shape index (κ2) is 7.90. The first-order valence-electron chi connectivity index (χ1n) is 6.50. The molecule has 0 radical (unpaired) electrons. The van der Waals surface area contributed by atoms with Crippen molar-refractivity contribution in [1.82, 2.24) is 0 Å². The third kappa shape index (κ3) is 5.21. The molecule has 1 aromatic carbocycles. The van der Waals surface area contributed by atoms with Crippen molar-refractivity contribution in [1.29, 1.82) is 0 Å². The Kier molecular flexibility index (Phi) is 6.52. The van der Waals surface area contributed by atoms with Gasteiger partial charge < -0.3 is 9.47 Å². The molecule has 1 aromatic rings. The van der Waals surface area contributed by atoms with Crippen LogP contribution in [0.3, 0.4) is 0 Å². The molecule has 0 spiro atoms. The molecule has 0 aromatic heterocycles. The van der Waals surface area contributed by atoms with Gasteiger partial charge in [-0.05, 0) is 38.5 Å². The van der Waals surface area contributed by atoms with Crippen LogP contribution in [0.1, 0.15) is 43.5 Å². The summed E-state index contributed by atoms with van der Waals surface area (Å²) in [6.45, 7) is 3.83. The van der Waals surface area contributed by atoms with E-state index in [1.165, 1.54) is 7.11 Å². The Morgan fingerprint density at radius 3 is 2.50 bits per heavy atom. The Hall–Kier alpha value is -1.55. The highest BCUT2D eigenvalue weighted by Crippen LogP contribution is 2.25. The van der Waals surface area contributed by atoms with Crippen molar-refractivity contribution in [3.05, 3.63) is 28.8 Å². The van der Waals surface area contributed by atoms with Gasteiger partial charge in [-0.2, -0.15) is 0 Å². The number of hydrogen-bond acceptors (Lipinski definition) is 4. The average molecular weight is 299 g/mol. The summed E-state index contributed by atoms with van der Waals surface area (Å²) < 4.78 is 10.0. The van der Waals surface area contributed by atoms with Crippen LogP contribution in [0.5, 0.6) is 5.75 Å². The lowest BCUT2D eigenvalue weighted by molar-refractivity contribution is -0.140. The summed E-state index contributed by atoms with van der Waals surface area (Å²) in [4.78, 5) is 23.0. The molecule has 0 fully saturated rings. The van der Waals surface area contributed by atoms with Crippen LogP contribution in [0, 0.1) is 0 Å². The molecule has 5 heteroatoms. The summed E-state index contributed by atoms with van der Waals surface area (Å²) in [7, 11) is 1.33. The minimum Gasteiger partial charge on any atom is -0.491 e. The SMILES string of the molecule is COC(=O)CCCC(=O)c1ccc(OC(C)C)cc1Cl. The number of rotatable bonds is 7. The first-order valence-corrected chi connectivity index (χ1v) is 6.88. The van der Waals surface area contributed by atoms with Gasteiger partial charge in [0.1, 0.15) is 5.75 Å². The van der Waals surface area contributed by atoms with Crippen molar-refractivity contribution in [2.24, 2.45) is 0 Å². The van der Waals surface area contributed by atoms with E-state index in [2.05, 4.69) is 4.74 Å². The zero-order valence-corrected chi connectivity index (χ0v) is 12.7. The number of halogens is 1. The number of benzene rings is 1. The van der Waals surface area contributed by atoms with Gasteiger partial charge >= 0.3 is 5.97 Å². The second-order valence-corrected chi connectivity index (χ2v) is 5.07. The largest absolute Gasteiger partial charge is 0.491 e. The maximum Gasteiger partial charge on any atom is 0.305 e. The van der Waals surface area contributed by atoms with Crippen molar-refractivity contribution < 1.29 is 19.1 Å². The van der Waals surface area contributed by atoms with Gasteiger partial charge in [-0.15, -0.1) is 0 Å². The lowest BCUT2D eigenvalue weighted by Gasteiger charge is -2.11. The van der Waals surface area contributed by atoms with Crippen molar-refractivity contribution >= 4 is 23.4 Å². The second-order valence-electron chi connectivity index (χ2n) is 4.66. The molecule has 20 heavy (non-hydrogen) atoms. The lowest BCUT2D eigenvalue weighted by atomic mass is 10.1. The summed E-state index contributed by atoms with van der Waals surface area (Å²) >= 11 is 6.08. The van der Waals surface area contributed by atoms with Crippen LogP contribution < -0.4 is 4.74 Å². The molecule has 1 rings (SSSR count). The van der Waals surface area contributed by atoms with Crippen LogP contribution >= 0.6 is 11.6 Å². The van der Waals surface area contributed by atoms with Gasteiger partial charge in [0.25, 0.3) is 0 Å². The molecular formula is C15H19ClO4. The van der Waals surface area contributed by atoms with E-state index < -0.39 is 0 Å². The summed E-state index contributed by atoms with van der Waals surface area (Å²) in [5, 5.41) is 0.367. The molecule has 0 aliphatic carbocycles. The zero-order chi connectivity index (χ0) is 15.1. The molecule has 0 amide bonds. The van der Waals surface area contributed by atoms with Crippen LogP contribution in [0.25, 0.3) is 0 Å². The molecule has 0 saturated carbocycles. The van der Waals surface area contributed by atoms with Crippen molar-refractivity contribution in [3.8, 4) is 5.75 Å². The summed E-state index contributed by atoms with van der Waals surface area (Å²) in [6, 6.07) is 5.01. The predicted molar refractivity (Wildman–Crippen MR) is 77.4 cm³/mol. The topological polar surface area (TPSA) is 52.6 Å². The maximum atomic E-state index is 12.0. The number of methoxy groups -OCH3 is 1. The number of carbonyl (C=O) groups excluding carboxylic acids is 2. The summed E-state index contributed by atoms with van der Waals surface area (Å²) in [6.07, 6.45) is 0.993. The van der Waals surface area contributed by atoms with E-state index in [1.54, 1.807) is 18.2 Å². The van der Waals surface area contributed by atoms with E-state index in [1.807, 2.05) is 13.8 Å². The number of ketones is 1. The standard InChI is InChI=1S/C15H19ClO4/c1-10(2)20-11-7-8-12(13(16)9-11)14(17)5-4-6-15(18)19-3/h7-10H,4-6H2,1-3H3. The van der Waals surface area contributed by atoms with Crippen molar-refractivity contribution in [2.45, 2.75) is 39.2 Å². The molecule has 0 unspecified atom stereocenters. The zero-order valence-electron chi connectivity index (χ0n) is 11.9. The Morgan fingerprint density at radius 1 is 1.25 bits per heavy atom. The molecule has 110 valence electrons. The van der Waals surface area contributed by atoms with E-state index in [-0.39, 0.29) is 30.7 Å². The quantitative estimate of drug-likeness (QED) is 0.569. The van der Waals surface area contributed by atoms with Gasteiger partial charge in [0.15, 0.2) is 5.78 Å². The monoisotopic (exact) mass is 298 g/mol. The lowest BCUT2D eigenvalue weighted by Crippen LogP contribution is -2.07. The van der Waals surface area contributed by atoms with E-state index in [0.717, 1.165) is 0 Å². The fourth-order valence-corrected chi connectivity index (χ4v) is 1.97.